The molecule has 0 saturated carbocycles. The van der Waals surface area contributed by atoms with E-state index in [1.807, 2.05) is 0 Å². The summed E-state index contributed by atoms with van der Waals surface area (Å²) in [6, 6.07) is 3.12. The molecule has 5 heteroatoms. The largest absolute Gasteiger partial charge is 0.361 e. The monoisotopic (exact) mass is 192 g/mol. The molecule has 2 heterocycles. The van der Waals surface area contributed by atoms with E-state index >= 15 is 0 Å². The molecule has 2 rings (SSSR count). The number of hydrogen-bond acceptors (Lipinski definition) is 5. The molecule has 0 radical (unpaired) electrons. The van der Waals surface area contributed by atoms with E-state index in [4.69, 9.17) is 9.05 Å². The van der Waals surface area contributed by atoms with Crippen molar-refractivity contribution in [1.82, 2.24) is 10.3 Å². The third-order valence-corrected chi connectivity index (χ3v) is 1.72. The van der Waals surface area contributed by atoms with Crippen LogP contribution in [0.3, 0.4) is 0 Å². The summed E-state index contributed by atoms with van der Waals surface area (Å²) in [7, 11) is 0. The van der Waals surface area contributed by atoms with Gasteiger partial charge in [0.15, 0.2) is 11.4 Å². The number of aryl methyl sites for hydroxylation is 2. The summed E-state index contributed by atoms with van der Waals surface area (Å²) in [5.41, 5.74) is 0.492. The van der Waals surface area contributed by atoms with Crippen molar-refractivity contribution in [2.24, 2.45) is 0 Å². The Balaban J connectivity index is 2.33. The Morgan fingerprint density at radius 3 is 1.79 bits per heavy atom. The van der Waals surface area contributed by atoms with Gasteiger partial charge >= 0.3 is 0 Å². The molecule has 0 bridgehead atoms. The van der Waals surface area contributed by atoms with E-state index in [1.165, 1.54) is 0 Å². The predicted octanol–water partition coefficient (Wildman–Crippen LogP) is 1.51. The summed E-state index contributed by atoms with van der Waals surface area (Å²) >= 11 is 0. The van der Waals surface area contributed by atoms with Crippen LogP contribution in [0, 0.1) is 13.8 Å². The summed E-state index contributed by atoms with van der Waals surface area (Å²) < 4.78 is 9.57. The van der Waals surface area contributed by atoms with Gasteiger partial charge in [-0.3, -0.25) is 4.79 Å². The van der Waals surface area contributed by atoms with Gasteiger partial charge in [0.05, 0.1) is 0 Å². The maximum absolute atomic E-state index is 11.6. The second-order valence-electron chi connectivity index (χ2n) is 2.97. The van der Waals surface area contributed by atoms with Crippen LogP contribution in [0.15, 0.2) is 21.2 Å². The van der Waals surface area contributed by atoms with E-state index in [0.717, 1.165) is 0 Å². The van der Waals surface area contributed by atoms with E-state index in [0.29, 0.717) is 11.5 Å². The first-order valence-corrected chi connectivity index (χ1v) is 4.08. The minimum atomic E-state index is -0.293. The zero-order valence-electron chi connectivity index (χ0n) is 7.77. The van der Waals surface area contributed by atoms with E-state index in [9.17, 15) is 4.79 Å². The SMILES string of the molecule is Cc1cc(C(=O)c2cc(C)on2)no1. The first-order valence-electron chi connectivity index (χ1n) is 4.08. The van der Waals surface area contributed by atoms with E-state index in [1.54, 1.807) is 26.0 Å². The van der Waals surface area contributed by atoms with Gasteiger partial charge in [-0.1, -0.05) is 10.3 Å². The number of rotatable bonds is 2. The molecule has 0 aliphatic carbocycles. The van der Waals surface area contributed by atoms with Crippen molar-refractivity contribution in [2.45, 2.75) is 13.8 Å². The van der Waals surface area contributed by atoms with Crippen LogP contribution in [0.4, 0.5) is 0 Å². The number of aromatic nitrogens is 2. The predicted molar refractivity (Wildman–Crippen MR) is 45.9 cm³/mol. The Kier molecular flexibility index (Phi) is 1.92. The minimum Gasteiger partial charge on any atom is -0.361 e. The number of nitrogens with zero attached hydrogens (tertiary/aromatic N) is 2. The normalized spacial score (nSPS) is 10.4. The molecule has 0 aromatic carbocycles. The number of carbonyl (C=O) groups excluding carboxylic acids is 1. The Labute approximate surface area is 79.7 Å². The van der Waals surface area contributed by atoms with Crippen molar-refractivity contribution in [3.63, 3.8) is 0 Å². The number of ketones is 1. The number of hydrogen-bond donors (Lipinski definition) is 0. The Morgan fingerprint density at radius 2 is 1.50 bits per heavy atom. The van der Waals surface area contributed by atoms with Crippen LogP contribution in [0.5, 0.6) is 0 Å². The summed E-state index contributed by atoms with van der Waals surface area (Å²) in [6.45, 7) is 3.44. The second-order valence-corrected chi connectivity index (χ2v) is 2.97. The molecule has 0 saturated heterocycles. The zero-order chi connectivity index (χ0) is 10.1. The van der Waals surface area contributed by atoms with Gasteiger partial charge in [0.1, 0.15) is 11.5 Å². The van der Waals surface area contributed by atoms with Crippen molar-refractivity contribution < 1.29 is 13.8 Å². The van der Waals surface area contributed by atoms with Gasteiger partial charge in [0.25, 0.3) is 0 Å². The van der Waals surface area contributed by atoms with Gasteiger partial charge < -0.3 is 9.05 Å². The molecule has 5 nitrogen and oxygen atoms in total. The molecule has 2 aromatic heterocycles. The van der Waals surface area contributed by atoms with Crippen molar-refractivity contribution in [2.75, 3.05) is 0 Å². The van der Waals surface area contributed by atoms with Crippen LogP contribution in [-0.4, -0.2) is 16.1 Å². The molecule has 14 heavy (non-hydrogen) atoms. The lowest BCUT2D eigenvalue weighted by Gasteiger charge is -1.85. The van der Waals surface area contributed by atoms with Gasteiger partial charge in [-0.05, 0) is 13.8 Å². The standard InChI is InChI=1S/C9H8N2O3/c1-5-3-7(10-13-5)9(12)8-4-6(2)14-11-8/h3-4H,1-2H3. The Hall–Kier alpha value is -1.91. The highest BCUT2D eigenvalue weighted by molar-refractivity contribution is 6.06. The zero-order valence-corrected chi connectivity index (χ0v) is 7.77. The van der Waals surface area contributed by atoms with Crippen LogP contribution in [0.2, 0.25) is 0 Å². The molecule has 2 aromatic rings. The Morgan fingerprint density at radius 1 is 1.07 bits per heavy atom. The average Bonchev–Trinajstić information content (AvgIpc) is 2.73. The van der Waals surface area contributed by atoms with Gasteiger partial charge in [-0.2, -0.15) is 0 Å². The maximum Gasteiger partial charge on any atom is 0.236 e. The van der Waals surface area contributed by atoms with Crippen LogP contribution < -0.4 is 0 Å². The van der Waals surface area contributed by atoms with E-state index in [2.05, 4.69) is 10.3 Å². The van der Waals surface area contributed by atoms with Crippen LogP contribution in [-0.2, 0) is 0 Å². The lowest BCUT2D eigenvalue weighted by Crippen LogP contribution is -2.01. The molecule has 0 unspecified atom stereocenters. The topological polar surface area (TPSA) is 69.1 Å². The summed E-state index contributed by atoms with van der Waals surface area (Å²) in [5, 5.41) is 7.19. The molecule has 0 amide bonds. The lowest BCUT2D eigenvalue weighted by atomic mass is 10.2. The van der Waals surface area contributed by atoms with E-state index in [-0.39, 0.29) is 17.2 Å². The molecule has 72 valence electrons. The fourth-order valence-electron chi connectivity index (χ4n) is 1.08. The van der Waals surface area contributed by atoms with Gasteiger partial charge in [-0.15, -0.1) is 0 Å². The molecular formula is C9H8N2O3. The lowest BCUT2D eigenvalue weighted by molar-refractivity contribution is 0.102. The number of carbonyl (C=O) groups is 1. The molecule has 0 N–H and O–H groups in total. The van der Waals surface area contributed by atoms with Crippen molar-refractivity contribution in [3.8, 4) is 0 Å². The minimum absolute atomic E-state index is 0.246. The van der Waals surface area contributed by atoms with Crippen LogP contribution >= 0.6 is 0 Å². The third kappa shape index (κ3) is 1.44. The van der Waals surface area contributed by atoms with Crippen molar-refractivity contribution in [1.29, 1.82) is 0 Å². The summed E-state index contributed by atoms with van der Waals surface area (Å²) in [4.78, 5) is 11.6. The second kappa shape index (κ2) is 3.10. The van der Waals surface area contributed by atoms with Crippen molar-refractivity contribution >= 4 is 5.78 Å². The molecule has 0 atom stereocenters. The van der Waals surface area contributed by atoms with Crippen LogP contribution in [0.1, 0.15) is 27.7 Å². The molecule has 0 aliphatic heterocycles. The summed E-state index contributed by atoms with van der Waals surface area (Å²) in [5.74, 6) is 0.890. The first kappa shape index (κ1) is 8.68. The highest BCUT2D eigenvalue weighted by Crippen LogP contribution is 2.09. The highest BCUT2D eigenvalue weighted by Gasteiger charge is 2.16. The fourth-order valence-corrected chi connectivity index (χ4v) is 1.08. The molecular weight excluding hydrogens is 184 g/mol. The van der Waals surface area contributed by atoms with Gasteiger partial charge in [-0.25, -0.2) is 0 Å². The summed E-state index contributed by atoms with van der Waals surface area (Å²) in [6.07, 6.45) is 0. The van der Waals surface area contributed by atoms with Crippen LogP contribution in [0.25, 0.3) is 0 Å². The van der Waals surface area contributed by atoms with E-state index < -0.39 is 0 Å². The Bertz CT molecular complexity index is 428. The fraction of sp³-hybridized carbons (Fsp3) is 0.222. The average molecular weight is 192 g/mol. The maximum atomic E-state index is 11.6. The van der Waals surface area contributed by atoms with Crippen molar-refractivity contribution in [3.05, 3.63) is 35.0 Å². The smallest absolute Gasteiger partial charge is 0.236 e. The molecule has 0 spiro atoms. The van der Waals surface area contributed by atoms with Gasteiger partial charge in [0.2, 0.25) is 5.78 Å². The molecule has 0 aliphatic rings. The van der Waals surface area contributed by atoms with Gasteiger partial charge in [0, 0.05) is 12.1 Å². The first-order chi connectivity index (χ1) is 6.66. The molecule has 0 fully saturated rings. The highest BCUT2D eigenvalue weighted by atomic mass is 16.5. The third-order valence-electron chi connectivity index (χ3n) is 1.72. The quantitative estimate of drug-likeness (QED) is 0.674.